The van der Waals surface area contributed by atoms with E-state index in [2.05, 4.69) is 5.32 Å². The minimum atomic E-state index is -0.323. The monoisotopic (exact) mass is 220 g/mol. The Kier molecular flexibility index (Phi) is 3.10. The number of nitrogens with one attached hydrogen (secondary N) is 1. The van der Waals surface area contributed by atoms with E-state index in [9.17, 15) is 4.79 Å². The Morgan fingerprint density at radius 3 is 2.94 bits per heavy atom. The number of amides is 1. The summed E-state index contributed by atoms with van der Waals surface area (Å²) >= 11 is 0. The molecule has 1 saturated heterocycles. The zero-order chi connectivity index (χ0) is 11.5. The summed E-state index contributed by atoms with van der Waals surface area (Å²) in [5, 5.41) is 2.80. The fraction of sp³-hybridized carbons (Fsp3) is 0.417. The largest absolute Gasteiger partial charge is 0.399 e. The van der Waals surface area contributed by atoms with E-state index >= 15 is 0 Å². The number of nitrogens with two attached hydrogens (primary N) is 1. The molecule has 1 aliphatic rings. The Balaban J connectivity index is 1.97. The van der Waals surface area contributed by atoms with Crippen molar-refractivity contribution in [2.24, 2.45) is 0 Å². The Morgan fingerprint density at radius 2 is 2.31 bits per heavy atom. The third kappa shape index (κ3) is 2.52. The second-order valence-electron chi connectivity index (χ2n) is 4.13. The zero-order valence-corrected chi connectivity index (χ0v) is 9.27. The molecule has 1 aromatic carbocycles. The van der Waals surface area contributed by atoms with Gasteiger partial charge in [0, 0.05) is 11.4 Å². The van der Waals surface area contributed by atoms with Gasteiger partial charge >= 0.3 is 0 Å². The van der Waals surface area contributed by atoms with Crippen molar-refractivity contribution in [1.82, 2.24) is 0 Å². The molecule has 4 nitrogen and oxygen atoms in total. The van der Waals surface area contributed by atoms with Crippen LogP contribution in [0.1, 0.15) is 19.8 Å². The molecule has 16 heavy (non-hydrogen) atoms. The number of nitrogen functional groups attached to an aromatic ring is 1. The Bertz CT molecular complexity index is 392. The highest BCUT2D eigenvalue weighted by Crippen LogP contribution is 2.21. The normalized spacial score (nSPS) is 24.3. The Hall–Kier alpha value is -1.55. The van der Waals surface area contributed by atoms with Crippen LogP contribution < -0.4 is 11.1 Å². The number of hydrogen-bond donors (Lipinski definition) is 2. The van der Waals surface area contributed by atoms with E-state index in [0.29, 0.717) is 11.4 Å². The van der Waals surface area contributed by atoms with Gasteiger partial charge in [-0.3, -0.25) is 4.79 Å². The van der Waals surface area contributed by atoms with Crippen LogP contribution in [0.25, 0.3) is 0 Å². The summed E-state index contributed by atoms with van der Waals surface area (Å²) < 4.78 is 5.48. The SMILES string of the molecule is CC1CCC(C(=O)Nc2cccc(N)c2)O1. The lowest BCUT2D eigenvalue weighted by atomic mass is 10.2. The molecule has 2 atom stereocenters. The van der Waals surface area contributed by atoms with E-state index in [-0.39, 0.29) is 18.1 Å². The van der Waals surface area contributed by atoms with E-state index in [4.69, 9.17) is 10.5 Å². The van der Waals surface area contributed by atoms with Crippen molar-refractivity contribution in [2.75, 3.05) is 11.1 Å². The van der Waals surface area contributed by atoms with Gasteiger partial charge in [0.1, 0.15) is 6.10 Å². The summed E-state index contributed by atoms with van der Waals surface area (Å²) in [6.07, 6.45) is 1.58. The Labute approximate surface area is 94.8 Å². The summed E-state index contributed by atoms with van der Waals surface area (Å²) in [6, 6.07) is 7.13. The van der Waals surface area contributed by atoms with Crippen molar-refractivity contribution in [3.8, 4) is 0 Å². The molecule has 0 saturated carbocycles. The molecule has 4 heteroatoms. The van der Waals surface area contributed by atoms with Crippen molar-refractivity contribution in [1.29, 1.82) is 0 Å². The molecule has 1 fully saturated rings. The number of anilines is 2. The van der Waals surface area contributed by atoms with Crippen LogP contribution in [-0.4, -0.2) is 18.1 Å². The predicted octanol–water partition coefficient (Wildman–Crippen LogP) is 1.77. The van der Waals surface area contributed by atoms with E-state index in [1.54, 1.807) is 12.1 Å². The number of ether oxygens (including phenoxy) is 1. The minimum Gasteiger partial charge on any atom is -0.399 e. The molecule has 1 heterocycles. The maximum absolute atomic E-state index is 11.8. The van der Waals surface area contributed by atoms with Gasteiger partial charge in [-0.1, -0.05) is 6.07 Å². The average Bonchev–Trinajstić information content (AvgIpc) is 2.65. The van der Waals surface area contributed by atoms with Crippen molar-refractivity contribution in [3.05, 3.63) is 24.3 Å². The molecule has 1 amide bonds. The molecule has 3 N–H and O–H groups in total. The van der Waals surface area contributed by atoms with Gasteiger partial charge < -0.3 is 15.8 Å². The van der Waals surface area contributed by atoms with Gasteiger partial charge in [0.15, 0.2) is 0 Å². The molecule has 2 unspecified atom stereocenters. The van der Waals surface area contributed by atoms with E-state index in [1.165, 1.54) is 0 Å². The molecule has 1 aliphatic heterocycles. The van der Waals surface area contributed by atoms with E-state index in [1.807, 2.05) is 19.1 Å². The first-order valence-corrected chi connectivity index (χ1v) is 5.47. The summed E-state index contributed by atoms with van der Waals surface area (Å²) in [5.41, 5.74) is 6.98. The maximum atomic E-state index is 11.8. The second kappa shape index (κ2) is 4.53. The number of carbonyl (C=O) groups excluding carboxylic acids is 1. The van der Waals surface area contributed by atoms with Crippen LogP contribution in [-0.2, 0) is 9.53 Å². The van der Waals surface area contributed by atoms with Crippen molar-refractivity contribution in [3.63, 3.8) is 0 Å². The van der Waals surface area contributed by atoms with Crippen LogP contribution in [0, 0.1) is 0 Å². The molecule has 0 aromatic heterocycles. The topological polar surface area (TPSA) is 64.4 Å². The molecule has 2 rings (SSSR count). The summed E-state index contributed by atoms with van der Waals surface area (Å²) in [5.74, 6) is -0.0880. The number of hydrogen-bond acceptors (Lipinski definition) is 3. The van der Waals surface area contributed by atoms with Gasteiger partial charge in [-0.25, -0.2) is 0 Å². The van der Waals surface area contributed by atoms with Crippen LogP contribution in [0.5, 0.6) is 0 Å². The van der Waals surface area contributed by atoms with Gasteiger partial charge in [0.2, 0.25) is 0 Å². The average molecular weight is 220 g/mol. The van der Waals surface area contributed by atoms with Crippen molar-refractivity contribution < 1.29 is 9.53 Å². The van der Waals surface area contributed by atoms with E-state index < -0.39 is 0 Å². The highest BCUT2D eigenvalue weighted by molar-refractivity contribution is 5.94. The summed E-state index contributed by atoms with van der Waals surface area (Å²) in [4.78, 5) is 11.8. The van der Waals surface area contributed by atoms with Crippen molar-refractivity contribution in [2.45, 2.75) is 32.0 Å². The highest BCUT2D eigenvalue weighted by atomic mass is 16.5. The molecule has 0 radical (unpaired) electrons. The fourth-order valence-electron chi connectivity index (χ4n) is 1.83. The van der Waals surface area contributed by atoms with Crippen LogP contribution in [0.15, 0.2) is 24.3 Å². The smallest absolute Gasteiger partial charge is 0.253 e. The lowest BCUT2D eigenvalue weighted by molar-refractivity contribution is -0.126. The summed E-state index contributed by atoms with van der Waals surface area (Å²) in [6.45, 7) is 1.98. The molecule has 86 valence electrons. The minimum absolute atomic E-state index is 0.0880. The molecular weight excluding hydrogens is 204 g/mol. The first-order chi connectivity index (χ1) is 7.65. The van der Waals surface area contributed by atoms with Crippen LogP contribution in [0.3, 0.4) is 0 Å². The Morgan fingerprint density at radius 1 is 1.50 bits per heavy atom. The standard InChI is InChI=1S/C12H16N2O2/c1-8-5-6-11(16-8)12(15)14-10-4-2-3-9(13)7-10/h2-4,7-8,11H,5-6,13H2,1H3,(H,14,15). The molecular formula is C12H16N2O2. The molecule has 0 bridgehead atoms. The molecule has 1 aromatic rings. The molecule has 0 spiro atoms. The van der Waals surface area contributed by atoms with Gasteiger partial charge in [0.25, 0.3) is 5.91 Å². The number of benzene rings is 1. The fourth-order valence-corrected chi connectivity index (χ4v) is 1.83. The third-order valence-electron chi connectivity index (χ3n) is 2.68. The van der Waals surface area contributed by atoms with Crippen LogP contribution in [0.2, 0.25) is 0 Å². The van der Waals surface area contributed by atoms with Gasteiger partial charge in [0.05, 0.1) is 6.10 Å². The number of carbonyl (C=O) groups is 1. The predicted molar refractivity (Wildman–Crippen MR) is 63.1 cm³/mol. The highest BCUT2D eigenvalue weighted by Gasteiger charge is 2.27. The van der Waals surface area contributed by atoms with Crippen molar-refractivity contribution >= 4 is 17.3 Å². The van der Waals surface area contributed by atoms with Gasteiger partial charge in [-0.2, -0.15) is 0 Å². The van der Waals surface area contributed by atoms with Crippen LogP contribution in [0.4, 0.5) is 11.4 Å². The third-order valence-corrected chi connectivity index (χ3v) is 2.68. The lowest BCUT2D eigenvalue weighted by Gasteiger charge is -2.11. The summed E-state index contributed by atoms with van der Waals surface area (Å²) in [7, 11) is 0. The van der Waals surface area contributed by atoms with Gasteiger partial charge in [-0.05, 0) is 38.0 Å². The quantitative estimate of drug-likeness (QED) is 0.747. The van der Waals surface area contributed by atoms with Crippen LogP contribution >= 0.6 is 0 Å². The lowest BCUT2D eigenvalue weighted by Crippen LogP contribution is -2.27. The molecule has 0 aliphatic carbocycles. The first kappa shape index (κ1) is 11.0. The van der Waals surface area contributed by atoms with Gasteiger partial charge in [-0.15, -0.1) is 0 Å². The zero-order valence-electron chi connectivity index (χ0n) is 9.27. The van der Waals surface area contributed by atoms with E-state index in [0.717, 1.165) is 12.8 Å². The first-order valence-electron chi connectivity index (χ1n) is 5.47. The second-order valence-corrected chi connectivity index (χ2v) is 4.13. The number of rotatable bonds is 2. The maximum Gasteiger partial charge on any atom is 0.253 e.